The molecule has 0 radical (unpaired) electrons. The van der Waals surface area contributed by atoms with Crippen molar-refractivity contribution in [1.82, 2.24) is 19.2 Å². The lowest BCUT2D eigenvalue weighted by Gasteiger charge is -2.08. The molecule has 6 nitrogen and oxygen atoms in total. The fraction of sp³-hybridized carbons (Fsp3) is 0.188. The van der Waals surface area contributed by atoms with Gasteiger partial charge in [0.15, 0.2) is 17.4 Å². The van der Waals surface area contributed by atoms with E-state index in [9.17, 15) is 9.18 Å². The van der Waals surface area contributed by atoms with E-state index in [4.69, 9.17) is 4.74 Å². The van der Waals surface area contributed by atoms with E-state index in [-0.39, 0.29) is 17.9 Å². The Balaban J connectivity index is 1.81. The van der Waals surface area contributed by atoms with E-state index in [1.807, 2.05) is 18.4 Å². The van der Waals surface area contributed by atoms with Gasteiger partial charge in [-0.05, 0) is 36.1 Å². The van der Waals surface area contributed by atoms with E-state index in [0.29, 0.717) is 16.3 Å². The molecule has 0 aliphatic heterocycles. The third-order valence-electron chi connectivity index (χ3n) is 3.84. The van der Waals surface area contributed by atoms with Gasteiger partial charge in [0.25, 0.3) is 5.56 Å². The summed E-state index contributed by atoms with van der Waals surface area (Å²) in [6, 6.07) is 6.52. The van der Waals surface area contributed by atoms with Gasteiger partial charge in [-0.2, -0.15) is 0 Å². The minimum Gasteiger partial charge on any atom is -0.483 e. The molecule has 0 unspecified atom stereocenters. The Morgan fingerprint density at radius 1 is 1.29 bits per heavy atom. The van der Waals surface area contributed by atoms with Crippen molar-refractivity contribution >= 4 is 27.3 Å². The Hall–Kier alpha value is -2.74. The zero-order valence-corrected chi connectivity index (χ0v) is 13.8. The summed E-state index contributed by atoms with van der Waals surface area (Å²) in [6.45, 7) is 1.91. The van der Waals surface area contributed by atoms with E-state index >= 15 is 0 Å². The van der Waals surface area contributed by atoms with Crippen molar-refractivity contribution in [1.29, 1.82) is 0 Å². The van der Waals surface area contributed by atoms with Crippen LogP contribution in [0.25, 0.3) is 16.0 Å². The number of thiophene rings is 1. The van der Waals surface area contributed by atoms with Crippen LogP contribution in [0.2, 0.25) is 0 Å². The van der Waals surface area contributed by atoms with Crippen molar-refractivity contribution in [3.8, 4) is 5.75 Å². The maximum Gasteiger partial charge on any atom is 0.272 e. The predicted octanol–water partition coefficient (Wildman–Crippen LogP) is 2.67. The molecule has 24 heavy (non-hydrogen) atoms. The average Bonchev–Trinajstić information content (AvgIpc) is 3.19. The number of nitrogens with zero attached hydrogens (tertiary/aromatic N) is 4. The molecule has 0 fully saturated rings. The number of hydrogen-bond acceptors (Lipinski definition) is 5. The van der Waals surface area contributed by atoms with E-state index in [1.165, 1.54) is 22.0 Å². The molecule has 0 saturated carbocycles. The van der Waals surface area contributed by atoms with Crippen LogP contribution >= 0.6 is 11.3 Å². The lowest BCUT2D eigenvalue weighted by Crippen LogP contribution is -2.19. The van der Waals surface area contributed by atoms with Gasteiger partial charge in [0.2, 0.25) is 5.78 Å². The van der Waals surface area contributed by atoms with E-state index in [0.717, 1.165) is 11.1 Å². The molecule has 0 N–H and O–H groups in total. The van der Waals surface area contributed by atoms with Gasteiger partial charge in [-0.25, -0.2) is 4.39 Å². The summed E-state index contributed by atoms with van der Waals surface area (Å²) < 4.78 is 23.2. The van der Waals surface area contributed by atoms with Crippen molar-refractivity contribution < 1.29 is 9.13 Å². The van der Waals surface area contributed by atoms with E-state index < -0.39 is 5.82 Å². The maximum absolute atomic E-state index is 13.8. The fourth-order valence-corrected chi connectivity index (χ4v) is 3.46. The van der Waals surface area contributed by atoms with Crippen molar-refractivity contribution in [2.45, 2.75) is 13.5 Å². The second-order valence-electron chi connectivity index (χ2n) is 5.47. The Kier molecular flexibility index (Phi) is 3.34. The lowest BCUT2D eigenvalue weighted by molar-refractivity contribution is 0.280. The highest BCUT2D eigenvalue weighted by molar-refractivity contribution is 7.17. The molecule has 122 valence electrons. The highest BCUT2D eigenvalue weighted by Gasteiger charge is 2.16. The van der Waals surface area contributed by atoms with E-state index in [1.54, 1.807) is 23.6 Å². The molecular weight excluding hydrogens is 331 g/mol. The lowest BCUT2D eigenvalue weighted by atomic mass is 10.2. The molecule has 0 saturated heterocycles. The summed E-state index contributed by atoms with van der Waals surface area (Å²) in [7, 11) is 1.65. The summed E-state index contributed by atoms with van der Waals surface area (Å²) in [4.78, 5) is 12.3. The minimum atomic E-state index is -0.428. The Bertz CT molecular complexity index is 1130. The molecule has 0 atom stereocenters. The number of hydrogen-bond donors (Lipinski definition) is 0. The highest BCUT2D eigenvalue weighted by atomic mass is 32.1. The molecular formula is C16H13FN4O2S. The third-order valence-corrected chi connectivity index (χ3v) is 4.73. The molecule has 3 heterocycles. The first-order valence-corrected chi connectivity index (χ1v) is 8.13. The first-order chi connectivity index (χ1) is 11.6. The van der Waals surface area contributed by atoms with Gasteiger partial charge in [-0.1, -0.05) is 6.07 Å². The monoisotopic (exact) mass is 344 g/mol. The number of aromatic nitrogens is 4. The van der Waals surface area contributed by atoms with Crippen molar-refractivity contribution in [2.75, 3.05) is 0 Å². The summed E-state index contributed by atoms with van der Waals surface area (Å²) in [6.07, 6.45) is 0. The SMILES string of the molecule is Cc1ccc(F)c(OCc2nnc3n(C)c(=O)c4sccc4n23)c1. The quantitative estimate of drug-likeness (QED) is 0.573. The number of fused-ring (bicyclic) bond motifs is 3. The van der Waals surface area contributed by atoms with Gasteiger partial charge in [0.05, 0.1) is 5.52 Å². The molecule has 0 spiro atoms. The van der Waals surface area contributed by atoms with Crippen LogP contribution < -0.4 is 10.3 Å². The Morgan fingerprint density at radius 2 is 2.12 bits per heavy atom. The van der Waals surface area contributed by atoms with Crippen LogP contribution in [0.3, 0.4) is 0 Å². The largest absolute Gasteiger partial charge is 0.483 e. The Labute approximate surface area is 139 Å². The van der Waals surface area contributed by atoms with Crippen LogP contribution in [-0.2, 0) is 13.7 Å². The van der Waals surface area contributed by atoms with Crippen LogP contribution in [0.5, 0.6) is 5.75 Å². The Morgan fingerprint density at radius 3 is 2.96 bits per heavy atom. The first-order valence-electron chi connectivity index (χ1n) is 7.25. The van der Waals surface area contributed by atoms with Gasteiger partial charge in [-0.3, -0.25) is 13.8 Å². The zero-order valence-electron chi connectivity index (χ0n) is 13.0. The molecule has 0 aliphatic rings. The topological polar surface area (TPSA) is 61.4 Å². The summed E-state index contributed by atoms with van der Waals surface area (Å²) in [5.41, 5.74) is 1.52. The second kappa shape index (κ2) is 5.41. The fourth-order valence-electron chi connectivity index (χ4n) is 2.61. The number of ether oxygens (including phenoxy) is 1. The van der Waals surface area contributed by atoms with E-state index in [2.05, 4.69) is 10.2 Å². The number of benzene rings is 1. The average molecular weight is 344 g/mol. The number of rotatable bonds is 3. The summed E-state index contributed by atoms with van der Waals surface area (Å²) in [5.74, 6) is 0.666. The first kappa shape index (κ1) is 14.8. The predicted molar refractivity (Wildman–Crippen MR) is 89.1 cm³/mol. The van der Waals surface area contributed by atoms with Crippen molar-refractivity contribution in [2.24, 2.45) is 7.05 Å². The van der Waals surface area contributed by atoms with Gasteiger partial charge in [0.1, 0.15) is 11.3 Å². The van der Waals surface area contributed by atoms with Crippen molar-refractivity contribution in [3.05, 3.63) is 57.2 Å². The van der Waals surface area contributed by atoms with Crippen LogP contribution in [0, 0.1) is 12.7 Å². The third kappa shape index (κ3) is 2.18. The smallest absolute Gasteiger partial charge is 0.272 e. The van der Waals surface area contributed by atoms with Gasteiger partial charge in [-0.15, -0.1) is 21.5 Å². The van der Waals surface area contributed by atoms with Crippen LogP contribution in [0.15, 0.2) is 34.4 Å². The molecule has 4 aromatic rings. The van der Waals surface area contributed by atoms with Crippen LogP contribution in [0.1, 0.15) is 11.4 Å². The molecule has 4 rings (SSSR count). The number of halogens is 1. The summed E-state index contributed by atoms with van der Waals surface area (Å²) >= 11 is 1.36. The maximum atomic E-state index is 13.8. The molecule has 3 aromatic heterocycles. The van der Waals surface area contributed by atoms with Gasteiger partial charge >= 0.3 is 0 Å². The van der Waals surface area contributed by atoms with Gasteiger partial charge in [0, 0.05) is 7.05 Å². The van der Waals surface area contributed by atoms with Crippen molar-refractivity contribution in [3.63, 3.8) is 0 Å². The minimum absolute atomic E-state index is 0.0463. The molecule has 1 aromatic carbocycles. The molecule has 0 bridgehead atoms. The molecule has 8 heteroatoms. The standard InChI is InChI=1S/C16H13FN4O2S/c1-9-3-4-10(17)12(7-9)23-8-13-18-19-16-20(2)15(22)14-11(21(13)16)5-6-24-14/h3-7H,8H2,1-2H3. The summed E-state index contributed by atoms with van der Waals surface area (Å²) in [5, 5.41) is 10.0. The zero-order chi connectivity index (χ0) is 16.8. The normalized spacial score (nSPS) is 11.5. The van der Waals surface area contributed by atoms with Crippen LogP contribution in [0.4, 0.5) is 4.39 Å². The molecule has 0 aliphatic carbocycles. The van der Waals surface area contributed by atoms with Crippen LogP contribution in [-0.4, -0.2) is 19.2 Å². The molecule has 0 amide bonds. The highest BCUT2D eigenvalue weighted by Crippen LogP contribution is 2.22. The second-order valence-corrected chi connectivity index (χ2v) is 6.39. The number of aryl methyl sites for hydroxylation is 2. The van der Waals surface area contributed by atoms with Gasteiger partial charge < -0.3 is 4.74 Å².